The first-order valence-electron chi connectivity index (χ1n) is 3.54. The van der Waals surface area contributed by atoms with Crippen LogP contribution >= 0.6 is 11.3 Å². The van der Waals surface area contributed by atoms with E-state index in [9.17, 15) is 5.11 Å². The van der Waals surface area contributed by atoms with Crippen LogP contribution in [0.25, 0.3) is 0 Å². The van der Waals surface area contributed by atoms with E-state index in [1.807, 2.05) is 0 Å². The average molecular weight is 199 g/mol. The summed E-state index contributed by atoms with van der Waals surface area (Å²) >= 11 is 1.07. The van der Waals surface area contributed by atoms with E-state index < -0.39 is 12.2 Å². The number of thiazole rings is 1. The second-order valence-corrected chi connectivity index (χ2v) is 3.58. The molecule has 1 heterocycles. The van der Waals surface area contributed by atoms with Gasteiger partial charge in [0.1, 0.15) is 6.10 Å². The molecule has 6 heteroatoms. The minimum Gasteiger partial charge on any atom is -0.384 e. The maximum Gasteiger partial charge on any atom is 0.180 e. The Hall–Kier alpha value is -1.16. The molecule has 0 saturated heterocycles. The van der Waals surface area contributed by atoms with Crippen LogP contribution < -0.4 is 5.73 Å². The van der Waals surface area contributed by atoms with Gasteiger partial charge >= 0.3 is 0 Å². The van der Waals surface area contributed by atoms with E-state index in [2.05, 4.69) is 4.98 Å². The van der Waals surface area contributed by atoms with Crippen LogP contribution in [0.2, 0.25) is 0 Å². The van der Waals surface area contributed by atoms with Gasteiger partial charge in [0.2, 0.25) is 0 Å². The van der Waals surface area contributed by atoms with E-state index in [4.69, 9.17) is 16.1 Å². The van der Waals surface area contributed by atoms with Crippen molar-refractivity contribution in [2.45, 2.75) is 19.1 Å². The van der Waals surface area contributed by atoms with Gasteiger partial charge in [-0.2, -0.15) is 5.26 Å². The Bertz CT molecular complexity index is 344. The van der Waals surface area contributed by atoms with E-state index in [-0.39, 0.29) is 0 Å². The Morgan fingerprint density at radius 3 is 2.62 bits per heavy atom. The summed E-state index contributed by atoms with van der Waals surface area (Å²) in [6, 6.07) is 1.54. The first kappa shape index (κ1) is 9.92. The summed E-state index contributed by atoms with van der Waals surface area (Å²) in [5.74, 6) is 0. The molecule has 0 fully saturated rings. The van der Waals surface area contributed by atoms with Gasteiger partial charge in [-0.3, -0.25) is 0 Å². The van der Waals surface area contributed by atoms with Crippen LogP contribution in [0.3, 0.4) is 0 Å². The molecule has 0 aliphatic heterocycles. The number of anilines is 1. The number of hydrogen-bond acceptors (Lipinski definition) is 6. The highest BCUT2D eigenvalue weighted by molar-refractivity contribution is 7.15. The van der Waals surface area contributed by atoms with Crippen molar-refractivity contribution in [1.82, 2.24) is 4.98 Å². The molecule has 0 bridgehead atoms. The van der Waals surface area contributed by atoms with Crippen molar-refractivity contribution in [1.29, 1.82) is 5.26 Å². The molecule has 13 heavy (non-hydrogen) atoms. The number of nitriles is 1. The molecule has 0 aliphatic carbocycles. The molecule has 0 spiro atoms. The fraction of sp³-hybridized carbons (Fsp3) is 0.429. The van der Waals surface area contributed by atoms with Gasteiger partial charge in [-0.1, -0.05) is 11.3 Å². The maximum absolute atomic E-state index is 9.43. The molecule has 2 unspecified atom stereocenters. The van der Waals surface area contributed by atoms with Crippen molar-refractivity contribution in [3.8, 4) is 6.07 Å². The van der Waals surface area contributed by atoms with Crippen molar-refractivity contribution in [2.24, 2.45) is 0 Å². The fourth-order valence-electron chi connectivity index (χ4n) is 0.918. The highest BCUT2D eigenvalue weighted by atomic mass is 32.1. The third-order valence-corrected chi connectivity index (χ3v) is 2.61. The highest BCUT2D eigenvalue weighted by Gasteiger charge is 2.22. The zero-order valence-corrected chi connectivity index (χ0v) is 7.75. The van der Waals surface area contributed by atoms with E-state index in [0.717, 1.165) is 11.3 Å². The summed E-state index contributed by atoms with van der Waals surface area (Å²) in [6.45, 7) is 1.66. The standard InChI is InChI=1S/C7H9N3O2S/c1-3-6(13-7(9)10-3)5(12)4(11)2-8/h4-5,11-12H,1H3,(H2,9,10). The van der Waals surface area contributed by atoms with Crippen molar-refractivity contribution >= 4 is 16.5 Å². The number of hydrogen-bond donors (Lipinski definition) is 3. The summed E-state index contributed by atoms with van der Waals surface area (Å²) < 4.78 is 0. The van der Waals surface area contributed by atoms with Crippen molar-refractivity contribution in [2.75, 3.05) is 5.73 Å². The molecule has 4 N–H and O–H groups in total. The van der Waals surface area contributed by atoms with Gasteiger partial charge in [0.15, 0.2) is 11.2 Å². The molecule has 0 aromatic carbocycles. The number of nitrogens with two attached hydrogens (primary N) is 1. The lowest BCUT2D eigenvalue weighted by Crippen LogP contribution is -2.15. The van der Waals surface area contributed by atoms with Gasteiger partial charge in [-0.05, 0) is 6.92 Å². The minimum atomic E-state index is -1.43. The quantitative estimate of drug-likeness (QED) is 0.579. The lowest BCUT2D eigenvalue weighted by atomic mass is 10.2. The van der Waals surface area contributed by atoms with Crippen LogP contribution in [0.4, 0.5) is 5.13 Å². The predicted octanol–water partition coefficient (Wildman–Crippen LogP) is -0.0484. The molecular weight excluding hydrogens is 190 g/mol. The number of nitrogens with zero attached hydrogens (tertiary/aromatic N) is 2. The van der Waals surface area contributed by atoms with E-state index in [0.29, 0.717) is 15.7 Å². The Morgan fingerprint density at radius 1 is 1.62 bits per heavy atom. The second-order valence-electron chi connectivity index (χ2n) is 2.52. The number of aliphatic hydroxyl groups excluding tert-OH is 2. The average Bonchev–Trinajstić information content (AvgIpc) is 2.42. The number of aryl methyl sites for hydroxylation is 1. The highest BCUT2D eigenvalue weighted by Crippen LogP contribution is 2.28. The Kier molecular flexibility index (Phi) is 2.83. The van der Waals surface area contributed by atoms with Gasteiger partial charge in [0.05, 0.1) is 16.6 Å². The van der Waals surface area contributed by atoms with Crippen LogP contribution in [0.5, 0.6) is 0 Å². The number of aliphatic hydroxyl groups is 2. The van der Waals surface area contributed by atoms with E-state index in [1.54, 1.807) is 13.0 Å². The van der Waals surface area contributed by atoms with Crippen molar-refractivity contribution in [3.63, 3.8) is 0 Å². The van der Waals surface area contributed by atoms with Crippen molar-refractivity contribution < 1.29 is 10.2 Å². The molecule has 0 aliphatic rings. The zero-order chi connectivity index (χ0) is 10.0. The Labute approximate surface area is 79.1 Å². The van der Waals surface area contributed by atoms with Crippen molar-refractivity contribution in [3.05, 3.63) is 10.6 Å². The molecule has 1 rings (SSSR count). The third kappa shape index (κ3) is 1.95. The molecule has 5 nitrogen and oxygen atoms in total. The van der Waals surface area contributed by atoms with Crippen LogP contribution in [-0.2, 0) is 0 Å². The van der Waals surface area contributed by atoms with Gasteiger partial charge in [0.25, 0.3) is 0 Å². The van der Waals surface area contributed by atoms with Gasteiger partial charge < -0.3 is 15.9 Å². The zero-order valence-electron chi connectivity index (χ0n) is 6.93. The Morgan fingerprint density at radius 2 is 2.23 bits per heavy atom. The lowest BCUT2D eigenvalue weighted by molar-refractivity contribution is 0.0547. The molecule has 1 aromatic rings. The second kappa shape index (κ2) is 3.70. The van der Waals surface area contributed by atoms with E-state index >= 15 is 0 Å². The molecule has 1 aromatic heterocycles. The molecule has 0 radical (unpaired) electrons. The smallest absolute Gasteiger partial charge is 0.180 e. The monoisotopic (exact) mass is 199 g/mol. The molecular formula is C7H9N3O2S. The number of nitrogen functional groups attached to an aromatic ring is 1. The molecule has 2 atom stereocenters. The third-order valence-electron chi connectivity index (χ3n) is 1.55. The maximum atomic E-state index is 9.43. The SMILES string of the molecule is Cc1nc(N)sc1C(O)C(O)C#N. The van der Waals surface area contributed by atoms with Gasteiger partial charge in [-0.15, -0.1) is 0 Å². The molecule has 70 valence electrons. The van der Waals surface area contributed by atoms with Crippen LogP contribution in [0.15, 0.2) is 0 Å². The Balaban J connectivity index is 2.95. The topological polar surface area (TPSA) is 103 Å². The summed E-state index contributed by atoms with van der Waals surface area (Å²) in [6.07, 6.45) is -2.65. The van der Waals surface area contributed by atoms with Crippen LogP contribution in [0.1, 0.15) is 16.7 Å². The lowest BCUT2D eigenvalue weighted by Gasteiger charge is -2.09. The minimum absolute atomic E-state index is 0.316. The largest absolute Gasteiger partial charge is 0.384 e. The first-order valence-corrected chi connectivity index (χ1v) is 4.36. The van der Waals surface area contributed by atoms with Gasteiger partial charge in [0, 0.05) is 0 Å². The summed E-state index contributed by atoms with van der Waals surface area (Å²) in [5, 5.41) is 27.1. The van der Waals surface area contributed by atoms with Crippen LogP contribution in [-0.4, -0.2) is 21.3 Å². The first-order chi connectivity index (χ1) is 6.06. The normalized spacial score (nSPS) is 14.9. The van der Waals surface area contributed by atoms with Gasteiger partial charge in [-0.25, -0.2) is 4.98 Å². The predicted molar refractivity (Wildman–Crippen MR) is 47.8 cm³/mol. The van der Waals surface area contributed by atoms with Crippen LogP contribution in [0, 0.1) is 18.3 Å². The number of rotatable bonds is 2. The van der Waals surface area contributed by atoms with E-state index in [1.165, 1.54) is 0 Å². The fourth-order valence-corrected chi connectivity index (χ4v) is 1.77. The molecule has 0 amide bonds. The summed E-state index contributed by atoms with van der Waals surface area (Å²) in [5.41, 5.74) is 5.94. The summed E-state index contributed by atoms with van der Waals surface area (Å²) in [4.78, 5) is 4.30. The number of aromatic nitrogens is 1. The molecule has 0 saturated carbocycles. The summed E-state index contributed by atoms with van der Waals surface area (Å²) in [7, 11) is 0.